The Balaban J connectivity index is 0.000000350. The molecule has 0 spiro atoms. The van der Waals surface area contributed by atoms with Crippen molar-refractivity contribution < 1.29 is 24.5 Å². The van der Waals surface area contributed by atoms with E-state index in [2.05, 4.69) is 53.2 Å². The summed E-state index contributed by atoms with van der Waals surface area (Å²) in [7, 11) is 2.19. The minimum Gasteiger partial charge on any atom is -0.478 e. The first-order valence-electron chi connectivity index (χ1n) is 11.0. The molecule has 7 nitrogen and oxygen atoms in total. The van der Waals surface area contributed by atoms with Crippen molar-refractivity contribution in [2.45, 2.75) is 16.8 Å². The lowest BCUT2D eigenvalue weighted by Crippen LogP contribution is -2.45. The van der Waals surface area contributed by atoms with Crippen LogP contribution in [0.3, 0.4) is 0 Å². The van der Waals surface area contributed by atoms with Crippen LogP contribution >= 0.6 is 23.4 Å². The number of nitrogens with zero attached hydrogens (tertiary/aromatic N) is 2. The Morgan fingerprint density at radius 1 is 1.06 bits per heavy atom. The Kier molecular flexibility index (Phi) is 9.98. The van der Waals surface area contributed by atoms with Gasteiger partial charge in [0.15, 0.2) is 0 Å². The van der Waals surface area contributed by atoms with Crippen molar-refractivity contribution in [3.63, 3.8) is 0 Å². The summed E-state index contributed by atoms with van der Waals surface area (Å²) < 4.78 is 6.47. The number of likely N-dealkylation sites (N-methyl/N-ethyl adjacent to an activating group) is 1. The molecule has 182 valence electrons. The number of halogens is 1. The number of carboxylic acids is 2. The summed E-state index contributed by atoms with van der Waals surface area (Å²) in [5, 5.41) is 16.4. The van der Waals surface area contributed by atoms with Gasteiger partial charge >= 0.3 is 11.9 Å². The number of aliphatic carboxylic acids is 2. The van der Waals surface area contributed by atoms with E-state index in [0.717, 1.165) is 50.1 Å². The van der Waals surface area contributed by atoms with Crippen LogP contribution in [0.2, 0.25) is 5.02 Å². The van der Waals surface area contributed by atoms with Crippen LogP contribution in [0.1, 0.15) is 22.8 Å². The molecule has 1 fully saturated rings. The van der Waals surface area contributed by atoms with Crippen LogP contribution in [0.25, 0.3) is 0 Å². The van der Waals surface area contributed by atoms with Crippen LogP contribution in [0.15, 0.2) is 59.5 Å². The normalized spacial score (nSPS) is 18.4. The van der Waals surface area contributed by atoms with Gasteiger partial charge in [-0.3, -0.25) is 4.90 Å². The quantitative estimate of drug-likeness (QED) is 0.570. The lowest BCUT2D eigenvalue weighted by Gasteiger charge is -2.32. The first kappa shape index (κ1) is 26.2. The zero-order valence-electron chi connectivity index (χ0n) is 19.0. The van der Waals surface area contributed by atoms with E-state index in [1.165, 1.54) is 21.6 Å². The average Bonchev–Trinajstić information content (AvgIpc) is 2.96. The van der Waals surface area contributed by atoms with Crippen molar-refractivity contribution in [1.82, 2.24) is 9.80 Å². The van der Waals surface area contributed by atoms with Crippen LogP contribution in [0.5, 0.6) is 0 Å². The smallest absolute Gasteiger partial charge is 0.328 e. The van der Waals surface area contributed by atoms with Gasteiger partial charge in [0.25, 0.3) is 0 Å². The fourth-order valence-electron chi connectivity index (χ4n) is 3.79. The lowest BCUT2D eigenvalue weighted by atomic mass is 9.97. The minimum absolute atomic E-state index is 0.0395. The molecule has 1 saturated heterocycles. The first-order chi connectivity index (χ1) is 16.3. The van der Waals surface area contributed by atoms with Gasteiger partial charge in [-0.25, -0.2) is 9.59 Å². The molecule has 2 aromatic carbocycles. The molecule has 0 radical (unpaired) electrons. The van der Waals surface area contributed by atoms with Crippen LogP contribution in [0.4, 0.5) is 0 Å². The molecule has 2 aromatic rings. The molecule has 9 heteroatoms. The Morgan fingerprint density at radius 3 is 2.41 bits per heavy atom. The molecular weight excluding hydrogens is 476 g/mol. The number of rotatable bonds is 6. The van der Waals surface area contributed by atoms with E-state index in [4.69, 9.17) is 26.6 Å². The van der Waals surface area contributed by atoms with Crippen molar-refractivity contribution in [2.75, 3.05) is 46.4 Å². The number of benzene rings is 2. The monoisotopic (exact) mass is 504 g/mol. The van der Waals surface area contributed by atoms with E-state index < -0.39 is 11.9 Å². The molecule has 2 aliphatic rings. The minimum atomic E-state index is -1.26. The number of carboxylic acid groups (broad SMARTS) is 2. The highest BCUT2D eigenvalue weighted by atomic mass is 35.5. The second-order valence-corrected chi connectivity index (χ2v) is 9.53. The van der Waals surface area contributed by atoms with E-state index >= 15 is 0 Å². The van der Waals surface area contributed by atoms with Crippen molar-refractivity contribution in [3.8, 4) is 0 Å². The van der Waals surface area contributed by atoms with Crippen LogP contribution in [-0.2, 0) is 20.1 Å². The zero-order valence-corrected chi connectivity index (χ0v) is 20.6. The number of hydrogen-bond acceptors (Lipinski definition) is 6. The summed E-state index contributed by atoms with van der Waals surface area (Å²) in [6.07, 6.45) is 1.08. The maximum Gasteiger partial charge on any atom is 0.328 e. The van der Waals surface area contributed by atoms with Crippen molar-refractivity contribution in [1.29, 1.82) is 0 Å². The van der Waals surface area contributed by atoms with Crippen molar-refractivity contribution in [2.24, 2.45) is 0 Å². The summed E-state index contributed by atoms with van der Waals surface area (Å²) >= 11 is 8.19. The Labute approximate surface area is 209 Å². The SMILES string of the molecule is CN1CCN(CCOC2c3ccccc3CSc3ccc(Cl)cc32)CC1.O=C(O)/C=C\C(=O)O. The highest BCUT2D eigenvalue weighted by Crippen LogP contribution is 2.42. The third kappa shape index (κ3) is 7.85. The predicted molar refractivity (Wildman–Crippen MR) is 134 cm³/mol. The molecular formula is C25H29ClN2O5S. The Bertz CT molecular complexity index is 1010. The molecule has 0 bridgehead atoms. The first-order valence-corrected chi connectivity index (χ1v) is 12.4. The summed E-state index contributed by atoms with van der Waals surface area (Å²) in [4.78, 5) is 25.3. The van der Waals surface area contributed by atoms with Gasteiger partial charge in [0, 0.05) is 66.1 Å². The standard InChI is InChI=1S/C21H25ClN2OS.C4H4O4/c1-23-8-10-24(11-9-23)12-13-25-21-18-5-3-2-4-16(18)15-26-20-7-6-17(22)14-19(20)21;5-3(6)1-2-4(7)8/h2-7,14,21H,8-13,15H2,1H3;1-2H,(H,5,6)(H,7,8)/b;2-1-. The highest BCUT2D eigenvalue weighted by Gasteiger charge is 2.25. The average molecular weight is 505 g/mol. The lowest BCUT2D eigenvalue weighted by molar-refractivity contribution is -0.134. The van der Waals surface area contributed by atoms with Gasteiger partial charge < -0.3 is 19.8 Å². The number of hydrogen-bond donors (Lipinski definition) is 2. The number of ether oxygens (including phenoxy) is 1. The number of fused-ring (bicyclic) bond motifs is 2. The Morgan fingerprint density at radius 2 is 1.74 bits per heavy atom. The molecule has 1 unspecified atom stereocenters. The maximum atomic E-state index is 9.55. The van der Waals surface area contributed by atoms with Gasteiger partial charge in [-0.15, -0.1) is 11.8 Å². The van der Waals surface area contributed by atoms with Gasteiger partial charge in [-0.2, -0.15) is 0 Å². The third-order valence-electron chi connectivity index (χ3n) is 5.63. The van der Waals surface area contributed by atoms with E-state index in [1.54, 1.807) is 0 Å². The van der Waals surface area contributed by atoms with Gasteiger partial charge in [0.05, 0.1) is 6.61 Å². The van der Waals surface area contributed by atoms with Crippen LogP contribution in [-0.4, -0.2) is 78.3 Å². The topological polar surface area (TPSA) is 90.3 Å². The number of carbonyl (C=O) groups is 2. The van der Waals surface area contributed by atoms with Crippen LogP contribution in [0, 0.1) is 0 Å². The molecule has 34 heavy (non-hydrogen) atoms. The van der Waals surface area contributed by atoms with Crippen molar-refractivity contribution in [3.05, 3.63) is 76.3 Å². The summed E-state index contributed by atoms with van der Waals surface area (Å²) in [6.45, 7) is 6.25. The number of thioether (sulfide) groups is 1. The maximum absolute atomic E-state index is 9.55. The predicted octanol–water partition coefficient (Wildman–Crippen LogP) is 4.01. The van der Waals surface area contributed by atoms with Gasteiger partial charge in [0.1, 0.15) is 6.10 Å². The molecule has 2 heterocycles. The third-order valence-corrected chi connectivity index (χ3v) is 7.00. The molecule has 4 rings (SSSR count). The van der Waals surface area contributed by atoms with Gasteiger partial charge in [0.2, 0.25) is 0 Å². The molecule has 0 amide bonds. The van der Waals surface area contributed by atoms with Gasteiger partial charge in [-0.05, 0) is 36.4 Å². The molecule has 2 N–H and O–H groups in total. The second-order valence-electron chi connectivity index (χ2n) is 8.08. The van der Waals surface area contributed by atoms with E-state index in [1.807, 2.05) is 17.8 Å². The largest absolute Gasteiger partial charge is 0.478 e. The second kappa shape index (κ2) is 12.9. The van der Waals surface area contributed by atoms with E-state index in [9.17, 15) is 9.59 Å². The van der Waals surface area contributed by atoms with Crippen LogP contribution < -0.4 is 0 Å². The fraction of sp³-hybridized carbons (Fsp3) is 0.360. The van der Waals surface area contributed by atoms with Gasteiger partial charge in [-0.1, -0.05) is 35.9 Å². The fourth-order valence-corrected chi connectivity index (χ4v) is 5.04. The van der Waals surface area contributed by atoms with Crippen molar-refractivity contribution >= 4 is 35.3 Å². The summed E-state index contributed by atoms with van der Waals surface area (Å²) in [6, 6.07) is 14.8. The highest BCUT2D eigenvalue weighted by molar-refractivity contribution is 7.98. The molecule has 0 aliphatic carbocycles. The molecule has 0 aromatic heterocycles. The molecule has 0 saturated carbocycles. The summed E-state index contributed by atoms with van der Waals surface area (Å²) in [5.41, 5.74) is 3.83. The molecule has 1 atom stereocenters. The molecule has 2 aliphatic heterocycles. The number of piperazine rings is 1. The summed E-state index contributed by atoms with van der Waals surface area (Å²) in [5.74, 6) is -1.54. The van der Waals surface area contributed by atoms with E-state index in [0.29, 0.717) is 12.2 Å². The zero-order chi connectivity index (χ0) is 24.5. The Hall–Kier alpha value is -2.36. The van der Waals surface area contributed by atoms with E-state index in [-0.39, 0.29) is 6.10 Å².